The molecule has 0 radical (unpaired) electrons. The van der Waals surface area contributed by atoms with E-state index in [0.717, 1.165) is 31.8 Å². The van der Waals surface area contributed by atoms with Crippen LogP contribution in [-0.4, -0.2) is 69.0 Å². The van der Waals surface area contributed by atoms with Gasteiger partial charge in [0.1, 0.15) is 5.60 Å². The van der Waals surface area contributed by atoms with Crippen LogP contribution in [0.2, 0.25) is 0 Å². The fourth-order valence-electron chi connectivity index (χ4n) is 2.48. The maximum atomic E-state index is 12.4. The van der Waals surface area contributed by atoms with E-state index in [2.05, 4.69) is 15.6 Å². The van der Waals surface area contributed by atoms with E-state index in [4.69, 9.17) is 9.47 Å². The first-order chi connectivity index (χ1) is 10.9. The highest BCUT2D eigenvalue weighted by atomic mass is 16.6. The van der Waals surface area contributed by atoms with Crippen LogP contribution < -0.4 is 10.6 Å². The first kappa shape index (κ1) is 19.5. The lowest BCUT2D eigenvalue weighted by Crippen LogP contribution is -2.52. The number of likely N-dealkylation sites (tertiary alicyclic amines) is 1. The zero-order chi connectivity index (χ0) is 17.3. The van der Waals surface area contributed by atoms with Crippen molar-refractivity contribution in [1.82, 2.24) is 15.5 Å². The Balaban J connectivity index is 2.52. The van der Waals surface area contributed by atoms with Gasteiger partial charge in [0.2, 0.25) is 0 Å². The van der Waals surface area contributed by atoms with Crippen LogP contribution in [0, 0.1) is 0 Å². The topological polar surface area (TPSA) is 75.2 Å². The van der Waals surface area contributed by atoms with Gasteiger partial charge in [-0.3, -0.25) is 4.99 Å². The van der Waals surface area contributed by atoms with Crippen molar-refractivity contribution < 1.29 is 14.3 Å². The summed E-state index contributed by atoms with van der Waals surface area (Å²) in [6, 6.07) is 0.125. The van der Waals surface area contributed by atoms with Crippen LogP contribution in [0.5, 0.6) is 0 Å². The Morgan fingerprint density at radius 2 is 2.04 bits per heavy atom. The maximum absolute atomic E-state index is 12.4. The van der Waals surface area contributed by atoms with Gasteiger partial charge in [-0.05, 0) is 40.0 Å². The molecule has 23 heavy (non-hydrogen) atoms. The van der Waals surface area contributed by atoms with E-state index in [1.54, 1.807) is 14.2 Å². The van der Waals surface area contributed by atoms with Gasteiger partial charge in [-0.1, -0.05) is 0 Å². The first-order valence-corrected chi connectivity index (χ1v) is 8.30. The summed E-state index contributed by atoms with van der Waals surface area (Å²) < 4.78 is 10.5. The summed E-state index contributed by atoms with van der Waals surface area (Å²) in [6.45, 7) is 8.39. The molecule has 0 aromatic carbocycles. The zero-order valence-corrected chi connectivity index (χ0v) is 15.1. The SMILES string of the molecule is CN=C(NCCOC)NCC1CCCCN1C(=O)OC(C)(C)C. The predicted molar refractivity (Wildman–Crippen MR) is 91.8 cm³/mol. The standard InChI is InChI=1S/C16H32N4O3/c1-16(2,3)23-15(21)20-10-7-6-8-13(20)12-19-14(17-4)18-9-11-22-5/h13H,6-12H2,1-5H3,(H2,17,18,19). The molecule has 0 aliphatic carbocycles. The zero-order valence-electron chi connectivity index (χ0n) is 15.1. The van der Waals surface area contributed by atoms with Crippen molar-refractivity contribution in [3.05, 3.63) is 0 Å². The van der Waals surface area contributed by atoms with Crippen molar-refractivity contribution in [1.29, 1.82) is 0 Å². The number of hydrogen-bond donors (Lipinski definition) is 2. The van der Waals surface area contributed by atoms with Crippen LogP contribution in [-0.2, 0) is 9.47 Å². The predicted octanol–water partition coefficient (Wildman–Crippen LogP) is 1.59. The second kappa shape index (κ2) is 9.60. The Bertz CT molecular complexity index is 393. The molecular formula is C16H32N4O3. The normalized spacial score (nSPS) is 19.4. The number of aliphatic imine (C=N–C) groups is 1. The lowest BCUT2D eigenvalue weighted by Gasteiger charge is -2.37. The third-order valence-electron chi connectivity index (χ3n) is 3.58. The molecule has 1 aliphatic heterocycles. The molecule has 1 amide bonds. The fourth-order valence-corrected chi connectivity index (χ4v) is 2.48. The highest BCUT2D eigenvalue weighted by molar-refractivity contribution is 5.79. The van der Waals surface area contributed by atoms with Gasteiger partial charge < -0.3 is 25.0 Å². The third-order valence-corrected chi connectivity index (χ3v) is 3.58. The molecule has 0 saturated carbocycles. The molecule has 0 aromatic heterocycles. The number of piperidine rings is 1. The molecule has 7 nitrogen and oxygen atoms in total. The Morgan fingerprint density at radius 1 is 1.30 bits per heavy atom. The molecule has 1 saturated heterocycles. The highest BCUT2D eigenvalue weighted by Crippen LogP contribution is 2.19. The number of hydrogen-bond acceptors (Lipinski definition) is 4. The van der Waals surface area contributed by atoms with Crippen molar-refractivity contribution in [3.8, 4) is 0 Å². The third kappa shape index (κ3) is 7.54. The lowest BCUT2D eigenvalue weighted by atomic mass is 10.0. The van der Waals surface area contributed by atoms with Gasteiger partial charge in [0.25, 0.3) is 0 Å². The molecular weight excluding hydrogens is 296 g/mol. The van der Waals surface area contributed by atoms with Crippen molar-refractivity contribution in [2.24, 2.45) is 4.99 Å². The maximum Gasteiger partial charge on any atom is 0.410 e. The number of methoxy groups -OCH3 is 1. The number of rotatable bonds is 5. The molecule has 1 unspecified atom stereocenters. The largest absolute Gasteiger partial charge is 0.444 e. The number of ether oxygens (including phenoxy) is 2. The summed E-state index contributed by atoms with van der Waals surface area (Å²) in [4.78, 5) is 18.4. The molecule has 1 heterocycles. The molecule has 0 aromatic rings. The number of carbonyl (C=O) groups is 1. The monoisotopic (exact) mass is 328 g/mol. The molecule has 1 aliphatic rings. The van der Waals surface area contributed by atoms with E-state index in [9.17, 15) is 4.79 Å². The van der Waals surface area contributed by atoms with E-state index >= 15 is 0 Å². The van der Waals surface area contributed by atoms with Crippen LogP contribution in [0.1, 0.15) is 40.0 Å². The van der Waals surface area contributed by atoms with E-state index in [0.29, 0.717) is 19.7 Å². The van der Waals surface area contributed by atoms with Gasteiger partial charge in [0.05, 0.1) is 12.6 Å². The summed E-state index contributed by atoms with van der Waals surface area (Å²) in [6.07, 6.45) is 2.89. The quantitative estimate of drug-likeness (QED) is 0.455. The van der Waals surface area contributed by atoms with E-state index in [-0.39, 0.29) is 12.1 Å². The second-order valence-electron chi connectivity index (χ2n) is 6.70. The highest BCUT2D eigenvalue weighted by Gasteiger charge is 2.30. The molecule has 1 atom stereocenters. The number of carbonyl (C=O) groups excluding carboxylic acids is 1. The van der Waals surface area contributed by atoms with Crippen molar-refractivity contribution in [3.63, 3.8) is 0 Å². The lowest BCUT2D eigenvalue weighted by molar-refractivity contribution is 0.0104. The summed E-state index contributed by atoms with van der Waals surface area (Å²) >= 11 is 0. The van der Waals surface area contributed by atoms with Gasteiger partial charge in [0, 0.05) is 33.8 Å². The van der Waals surface area contributed by atoms with Crippen molar-refractivity contribution in [2.45, 2.75) is 51.7 Å². The van der Waals surface area contributed by atoms with Crippen LogP contribution in [0.25, 0.3) is 0 Å². The minimum absolute atomic E-state index is 0.125. The Morgan fingerprint density at radius 3 is 2.65 bits per heavy atom. The van der Waals surface area contributed by atoms with Crippen molar-refractivity contribution >= 4 is 12.1 Å². The fraction of sp³-hybridized carbons (Fsp3) is 0.875. The Labute approximate surface area is 139 Å². The van der Waals surface area contributed by atoms with E-state index in [1.165, 1.54) is 0 Å². The Hall–Kier alpha value is -1.50. The summed E-state index contributed by atoms with van der Waals surface area (Å²) in [5, 5.41) is 6.45. The van der Waals surface area contributed by atoms with E-state index in [1.807, 2.05) is 25.7 Å². The summed E-state index contributed by atoms with van der Waals surface area (Å²) in [7, 11) is 3.40. The molecule has 1 fully saturated rings. The minimum atomic E-state index is -0.468. The second-order valence-corrected chi connectivity index (χ2v) is 6.70. The molecule has 1 rings (SSSR count). The van der Waals surface area contributed by atoms with Gasteiger partial charge in [-0.15, -0.1) is 0 Å². The van der Waals surface area contributed by atoms with E-state index < -0.39 is 5.60 Å². The van der Waals surface area contributed by atoms with Crippen LogP contribution in [0.4, 0.5) is 4.79 Å². The minimum Gasteiger partial charge on any atom is -0.444 e. The molecule has 0 bridgehead atoms. The average Bonchev–Trinajstić information content (AvgIpc) is 2.49. The summed E-state index contributed by atoms with van der Waals surface area (Å²) in [5.41, 5.74) is -0.468. The molecule has 7 heteroatoms. The number of amides is 1. The van der Waals surface area contributed by atoms with Gasteiger partial charge in [-0.2, -0.15) is 0 Å². The molecule has 0 spiro atoms. The number of guanidine groups is 1. The molecule has 134 valence electrons. The first-order valence-electron chi connectivity index (χ1n) is 8.30. The van der Waals surface area contributed by atoms with Crippen LogP contribution in [0.15, 0.2) is 4.99 Å². The number of nitrogens with one attached hydrogen (secondary N) is 2. The van der Waals surface area contributed by atoms with Gasteiger partial charge in [-0.25, -0.2) is 4.79 Å². The van der Waals surface area contributed by atoms with Gasteiger partial charge >= 0.3 is 6.09 Å². The molecule has 2 N–H and O–H groups in total. The van der Waals surface area contributed by atoms with Gasteiger partial charge in [0.15, 0.2) is 5.96 Å². The Kier molecular flexibility index (Phi) is 8.16. The van der Waals surface area contributed by atoms with Crippen molar-refractivity contribution in [2.75, 3.05) is 40.4 Å². The average molecular weight is 328 g/mol. The van der Waals surface area contributed by atoms with Crippen LogP contribution >= 0.6 is 0 Å². The summed E-state index contributed by atoms with van der Waals surface area (Å²) in [5.74, 6) is 0.719. The van der Waals surface area contributed by atoms with Crippen LogP contribution in [0.3, 0.4) is 0 Å². The smallest absolute Gasteiger partial charge is 0.410 e. The number of nitrogens with zero attached hydrogens (tertiary/aromatic N) is 2.